The van der Waals surface area contributed by atoms with Gasteiger partial charge < -0.3 is 0 Å². The lowest BCUT2D eigenvalue weighted by molar-refractivity contribution is -0.704. The zero-order valence-corrected chi connectivity index (χ0v) is 23.9. The maximum Gasteiger partial charge on any atom is 0.256 e. The quantitative estimate of drug-likeness (QED) is 0.0930. The van der Waals surface area contributed by atoms with Gasteiger partial charge in [-0.15, -0.1) is 0 Å². The molecule has 0 bridgehead atoms. The summed E-state index contributed by atoms with van der Waals surface area (Å²) in [5.41, 5.74) is 0. The number of unbranched alkanes of at least 4 members (excludes halogenated alkanes) is 20. The highest BCUT2D eigenvalue weighted by Crippen LogP contribution is 2.15. The maximum absolute atomic E-state index is 2.57. The van der Waals surface area contributed by atoms with E-state index in [-0.39, 0.29) is 0 Å². The van der Waals surface area contributed by atoms with Crippen LogP contribution >= 0.6 is 0 Å². The Morgan fingerprint density at radius 1 is 0.500 bits per heavy atom. The standard InChI is InChI=1S/C32H63N2/c1-4-7-10-12-13-14-15-16-17-18-19-20-21-22-23-24-25-27-32-33(28-9-6-3)30-31-34(32)29-26-11-8-5-2/h30-31H,4-29H2,1-3H3/q+1. The van der Waals surface area contributed by atoms with Crippen molar-refractivity contribution in [1.29, 1.82) is 0 Å². The number of aryl methyl sites for hydroxylation is 2. The van der Waals surface area contributed by atoms with Crippen molar-refractivity contribution in [3.8, 4) is 0 Å². The second kappa shape index (κ2) is 23.9. The van der Waals surface area contributed by atoms with Gasteiger partial charge in [0, 0.05) is 6.42 Å². The first-order chi connectivity index (χ1) is 16.8. The Hall–Kier alpha value is -0.790. The molecule has 0 amide bonds. The molecule has 0 unspecified atom stereocenters. The monoisotopic (exact) mass is 475 g/mol. The lowest BCUT2D eigenvalue weighted by Crippen LogP contribution is -2.37. The summed E-state index contributed by atoms with van der Waals surface area (Å²) >= 11 is 0. The van der Waals surface area contributed by atoms with Crippen molar-refractivity contribution in [3.63, 3.8) is 0 Å². The molecule has 1 rings (SSSR count). The van der Waals surface area contributed by atoms with Crippen LogP contribution in [0, 0.1) is 0 Å². The lowest BCUT2D eigenvalue weighted by atomic mass is 10.0. The molecule has 0 atom stereocenters. The van der Waals surface area contributed by atoms with Crippen LogP contribution in [-0.4, -0.2) is 4.57 Å². The molecule has 0 radical (unpaired) electrons. The number of rotatable bonds is 26. The summed E-state index contributed by atoms with van der Waals surface area (Å²) in [6.45, 7) is 9.33. The molecule has 1 aromatic rings. The van der Waals surface area contributed by atoms with Crippen LogP contribution in [0.2, 0.25) is 0 Å². The molecule has 0 N–H and O–H groups in total. The molecule has 2 heteroatoms. The predicted molar refractivity (Wildman–Crippen MR) is 152 cm³/mol. The van der Waals surface area contributed by atoms with Gasteiger partial charge >= 0.3 is 0 Å². The second-order valence-corrected chi connectivity index (χ2v) is 10.9. The number of imidazole rings is 1. The Bertz CT molecular complexity index is 533. The van der Waals surface area contributed by atoms with Crippen LogP contribution in [0.25, 0.3) is 0 Å². The van der Waals surface area contributed by atoms with E-state index in [1.807, 2.05) is 0 Å². The highest BCUT2D eigenvalue weighted by Gasteiger charge is 2.16. The third-order valence-corrected chi connectivity index (χ3v) is 7.60. The van der Waals surface area contributed by atoms with Gasteiger partial charge in [-0.25, -0.2) is 9.13 Å². The molecule has 0 saturated heterocycles. The van der Waals surface area contributed by atoms with E-state index in [1.165, 1.54) is 167 Å². The summed E-state index contributed by atoms with van der Waals surface area (Å²) in [5, 5.41) is 0. The number of nitrogens with zero attached hydrogens (tertiary/aromatic N) is 2. The first kappa shape index (κ1) is 31.2. The molecule has 200 valence electrons. The number of aromatic nitrogens is 2. The summed E-state index contributed by atoms with van der Waals surface area (Å²) in [7, 11) is 0. The molecule has 0 aliphatic rings. The fourth-order valence-corrected chi connectivity index (χ4v) is 5.24. The zero-order valence-electron chi connectivity index (χ0n) is 23.9. The van der Waals surface area contributed by atoms with Gasteiger partial charge in [0.15, 0.2) is 0 Å². The molecule has 0 fully saturated rings. The van der Waals surface area contributed by atoms with Gasteiger partial charge in [0.25, 0.3) is 5.82 Å². The average molecular weight is 476 g/mol. The largest absolute Gasteiger partial charge is 0.256 e. The van der Waals surface area contributed by atoms with Crippen molar-refractivity contribution in [2.75, 3.05) is 0 Å². The summed E-state index contributed by atoms with van der Waals surface area (Å²) in [5.74, 6) is 1.59. The Balaban J connectivity index is 2.03. The van der Waals surface area contributed by atoms with Crippen molar-refractivity contribution < 1.29 is 4.57 Å². The first-order valence-corrected chi connectivity index (χ1v) is 15.9. The normalized spacial score (nSPS) is 11.5. The van der Waals surface area contributed by atoms with Gasteiger partial charge in [0.05, 0.1) is 13.1 Å². The molecule has 1 aromatic heterocycles. The van der Waals surface area contributed by atoms with E-state index in [1.54, 1.807) is 5.82 Å². The van der Waals surface area contributed by atoms with E-state index in [2.05, 4.69) is 42.3 Å². The summed E-state index contributed by atoms with van der Waals surface area (Å²) in [4.78, 5) is 0. The summed E-state index contributed by atoms with van der Waals surface area (Å²) < 4.78 is 5.12. The molecule has 2 nitrogen and oxygen atoms in total. The van der Waals surface area contributed by atoms with Crippen LogP contribution in [0.5, 0.6) is 0 Å². The van der Waals surface area contributed by atoms with Crippen LogP contribution in [-0.2, 0) is 19.5 Å². The molecule has 0 saturated carbocycles. The van der Waals surface area contributed by atoms with Crippen LogP contribution in [0.3, 0.4) is 0 Å². The maximum atomic E-state index is 2.57. The smallest absolute Gasteiger partial charge is 0.234 e. The van der Waals surface area contributed by atoms with Gasteiger partial charge in [-0.1, -0.05) is 143 Å². The van der Waals surface area contributed by atoms with Gasteiger partial charge in [-0.3, -0.25) is 0 Å². The van der Waals surface area contributed by atoms with Gasteiger partial charge in [-0.05, 0) is 25.7 Å². The Kier molecular flexibility index (Phi) is 22.0. The molecule has 0 aromatic carbocycles. The average Bonchev–Trinajstić information content (AvgIpc) is 3.23. The molecule has 1 heterocycles. The van der Waals surface area contributed by atoms with E-state index in [0.29, 0.717) is 0 Å². The van der Waals surface area contributed by atoms with E-state index < -0.39 is 0 Å². The van der Waals surface area contributed by atoms with Crippen LogP contribution in [0.4, 0.5) is 0 Å². The van der Waals surface area contributed by atoms with Crippen molar-refractivity contribution in [2.45, 2.75) is 188 Å². The third kappa shape index (κ3) is 16.8. The lowest BCUT2D eigenvalue weighted by Gasteiger charge is -2.06. The summed E-state index contributed by atoms with van der Waals surface area (Å²) in [6.07, 6.45) is 38.6. The molecular formula is C32H63N2+. The van der Waals surface area contributed by atoms with E-state index in [4.69, 9.17) is 0 Å². The highest BCUT2D eigenvalue weighted by molar-refractivity contribution is 4.84. The van der Waals surface area contributed by atoms with Crippen LogP contribution in [0.1, 0.15) is 174 Å². The third-order valence-electron chi connectivity index (χ3n) is 7.60. The molecular weight excluding hydrogens is 412 g/mol. The second-order valence-electron chi connectivity index (χ2n) is 10.9. The Labute approximate surface area is 215 Å². The first-order valence-electron chi connectivity index (χ1n) is 15.9. The Morgan fingerprint density at radius 2 is 0.912 bits per heavy atom. The molecule has 0 aliphatic carbocycles. The van der Waals surface area contributed by atoms with E-state index in [9.17, 15) is 0 Å². The fraction of sp³-hybridized carbons (Fsp3) is 0.906. The van der Waals surface area contributed by atoms with Crippen molar-refractivity contribution in [1.82, 2.24) is 4.57 Å². The number of hydrogen-bond donors (Lipinski definition) is 0. The highest BCUT2D eigenvalue weighted by atomic mass is 15.1. The predicted octanol–water partition coefficient (Wildman–Crippen LogP) is 10.4. The van der Waals surface area contributed by atoms with Crippen molar-refractivity contribution in [2.24, 2.45) is 0 Å². The molecule has 0 aliphatic heterocycles. The molecule has 34 heavy (non-hydrogen) atoms. The van der Waals surface area contributed by atoms with Crippen LogP contribution in [0.15, 0.2) is 12.4 Å². The minimum absolute atomic E-state index is 1.20. The SMILES string of the molecule is CCCCCCCCCCCCCCCCCCCc1n(CCCCCC)cc[n+]1CCCC. The van der Waals surface area contributed by atoms with E-state index in [0.717, 1.165) is 0 Å². The molecule has 0 spiro atoms. The van der Waals surface area contributed by atoms with Gasteiger partial charge in [0.2, 0.25) is 0 Å². The van der Waals surface area contributed by atoms with Gasteiger partial charge in [0.1, 0.15) is 12.4 Å². The fourth-order valence-electron chi connectivity index (χ4n) is 5.24. The van der Waals surface area contributed by atoms with Gasteiger partial charge in [-0.2, -0.15) is 0 Å². The number of hydrogen-bond acceptors (Lipinski definition) is 0. The van der Waals surface area contributed by atoms with Crippen molar-refractivity contribution >= 4 is 0 Å². The van der Waals surface area contributed by atoms with Crippen molar-refractivity contribution in [3.05, 3.63) is 18.2 Å². The minimum Gasteiger partial charge on any atom is -0.234 e. The van der Waals surface area contributed by atoms with Crippen LogP contribution < -0.4 is 4.57 Å². The van der Waals surface area contributed by atoms with E-state index >= 15 is 0 Å². The Morgan fingerprint density at radius 3 is 1.38 bits per heavy atom. The zero-order chi connectivity index (χ0) is 24.5. The topological polar surface area (TPSA) is 8.81 Å². The summed E-state index contributed by atoms with van der Waals surface area (Å²) in [6, 6.07) is 0. The minimum atomic E-state index is 1.20.